The van der Waals surface area contributed by atoms with Gasteiger partial charge in [-0.2, -0.15) is 0 Å². The maximum Gasteiger partial charge on any atom is 0.161 e. The summed E-state index contributed by atoms with van der Waals surface area (Å²) in [6, 6.07) is 4.01. The number of hydrogen-bond acceptors (Lipinski definition) is 4. The number of hydrogen-bond donors (Lipinski definition) is 0. The standard InChI is InChI=1S/C21H27NO3/c1-24-20-10-15-5-6-22-19(18(15)12-21(20)25-2)11-17(23)9-16-8-13-3-4-14(16)7-13/h10,12-14,16H,3-9,11H2,1-2H3/t13-,14+,16+/m0/s1. The van der Waals surface area contributed by atoms with E-state index in [9.17, 15) is 4.79 Å². The Labute approximate surface area is 149 Å². The molecule has 4 heteroatoms. The molecule has 0 N–H and O–H groups in total. The number of rotatable bonds is 6. The highest BCUT2D eigenvalue weighted by Gasteiger charge is 2.40. The lowest BCUT2D eigenvalue weighted by atomic mass is 9.84. The minimum atomic E-state index is 0.346. The van der Waals surface area contributed by atoms with E-state index < -0.39 is 0 Å². The van der Waals surface area contributed by atoms with Crippen molar-refractivity contribution in [3.63, 3.8) is 0 Å². The second-order valence-electron chi connectivity index (χ2n) is 7.80. The molecule has 4 rings (SSSR count). The van der Waals surface area contributed by atoms with Gasteiger partial charge in [0.05, 0.1) is 14.2 Å². The topological polar surface area (TPSA) is 47.9 Å². The molecule has 25 heavy (non-hydrogen) atoms. The summed E-state index contributed by atoms with van der Waals surface area (Å²) < 4.78 is 10.8. The summed E-state index contributed by atoms with van der Waals surface area (Å²) in [5, 5.41) is 0. The number of nitrogens with zero attached hydrogens (tertiary/aromatic N) is 1. The van der Waals surface area contributed by atoms with Crippen LogP contribution < -0.4 is 9.47 Å². The van der Waals surface area contributed by atoms with E-state index in [0.29, 0.717) is 23.9 Å². The lowest BCUT2D eigenvalue weighted by Crippen LogP contribution is -2.20. The molecule has 0 amide bonds. The lowest BCUT2D eigenvalue weighted by Gasteiger charge is -2.22. The van der Waals surface area contributed by atoms with E-state index >= 15 is 0 Å². The highest BCUT2D eigenvalue weighted by molar-refractivity contribution is 6.12. The zero-order chi connectivity index (χ0) is 17.4. The first-order chi connectivity index (χ1) is 12.2. The maximum atomic E-state index is 12.7. The van der Waals surface area contributed by atoms with Crippen molar-refractivity contribution in [3.05, 3.63) is 23.3 Å². The number of carbonyl (C=O) groups is 1. The largest absolute Gasteiger partial charge is 0.493 e. The number of fused-ring (bicyclic) bond motifs is 3. The Bertz CT molecular complexity index is 709. The first-order valence-electron chi connectivity index (χ1n) is 9.48. The summed E-state index contributed by atoms with van der Waals surface area (Å²) in [4.78, 5) is 17.4. The van der Waals surface area contributed by atoms with Gasteiger partial charge in [0.1, 0.15) is 5.78 Å². The molecule has 134 valence electrons. The molecule has 0 unspecified atom stereocenters. The third-order valence-electron chi connectivity index (χ3n) is 6.34. The summed E-state index contributed by atoms with van der Waals surface area (Å²) in [5.41, 5.74) is 3.19. The van der Waals surface area contributed by atoms with E-state index in [1.54, 1.807) is 14.2 Å². The Balaban J connectivity index is 1.48. The molecule has 3 atom stereocenters. The Kier molecular flexibility index (Phi) is 4.53. The van der Waals surface area contributed by atoms with Crippen LogP contribution in [0.15, 0.2) is 17.1 Å². The van der Waals surface area contributed by atoms with Crippen LogP contribution in [0.25, 0.3) is 0 Å². The molecule has 0 aromatic heterocycles. The van der Waals surface area contributed by atoms with E-state index in [1.165, 1.54) is 31.2 Å². The van der Waals surface area contributed by atoms with Gasteiger partial charge in [-0.3, -0.25) is 9.79 Å². The molecule has 1 aliphatic heterocycles. The first-order valence-corrected chi connectivity index (χ1v) is 9.48. The molecule has 0 spiro atoms. The molecule has 4 nitrogen and oxygen atoms in total. The van der Waals surface area contributed by atoms with Gasteiger partial charge in [0, 0.05) is 30.7 Å². The number of methoxy groups -OCH3 is 2. The maximum absolute atomic E-state index is 12.7. The number of ether oxygens (including phenoxy) is 2. The van der Waals surface area contributed by atoms with Crippen molar-refractivity contribution in [1.82, 2.24) is 0 Å². The smallest absolute Gasteiger partial charge is 0.161 e. The second-order valence-corrected chi connectivity index (χ2v) is 7.80. The van der Waals surface area contributed by atoms with Gasteiger partial charge in [0.15, 0.2) is 11.5 Å². The fourth-order valence-electron chi connectivity index (χ4n) is 5.12. The normalized spacial score (nSPS) is 27.0. The zero-order valence-electron chi connectivity index (χ0n) is 15.2. The molecule has 0 radical (unpaired) electrons. The van der Waals surface area contributed by atoms with Crippen LogP contribution in [-0.2, 0) is 11.2 Å². The predicted octanol–water partition coefficient (Wildman–Crippen LogP) is 3.83. The second kappa shape index (κ2) is 6.81. The molecule has 1 heterocycles. The van der Waals surface area contributed by atoms with Crippen LogP contribution in [0.4, 0.5) is 0 Å². The lowest BCUT2D eigenvalue weighted by molar-refractivity contribution is -0.119. The molecule has 1 aromatic rings. The van der Waals surface area contributed by atoms with Gasteiger partial charge in [0.25, 0.3) is 0 Å². The van der Waals surface area contributed by atoms with Crippen molar-refractivity contribution >= 4 is 11.5 Å². The monoisotopic (exact) mass is 341 g/mol. The predicted molar refractivity (Wildman–Crippen MR) is 97.8 cm³/mol. The number of aliphatic imine (C=N–C) groups is 1. The van der Waals surface area contributed by atoms with Crippen LogP contribution >= 0.6 is 0 Å². The molecular weight excluding hydrogens is 314 g/mol. The van der Waals surface area contributed by atoms with Gasteiger partial charge in [-0.05, 0) is 61.1 Å². The summed E-state index contributed by atoms with van der Waals surface area (Å²) in [7, 11) is 3.30. The van der Waals surface area contributed by atoms with Gasteiger partial charge in [0.2, 0.25) is 0 Å². The fourth-order valence-corrected chi connectivity index (χ4v) is 5.12. The van der Waals surface area contributed by atoms with E-state index in [-0.39, 0.29) is 0 Å². The van der Waals surface area contributed by atoms with E-state index in [2.05, 4.69) is 4.99 Å². The fraction of sp³-hybridized carbons (Fsp3) is 0.619. The van der Waals surface area contributed by atoms with Crippen LogP contribution in [-0.4, -0.2) is 32.3 Å². The van der Waals surface area contributed by atoms with E-state index in [4.69, 9.17) is 9.47 Å². The molecule has 2 aliphatic carbocycles. The molecule has 2 fully saturated rings. The third-order valence-corrected chi connectivity index (χ3v) is 6.34. The van der Waals surface area contributed by atoms with Crippen LogP contribution in [0.2, 0.25) is 0 Å². The Hall–Kier alpha value is -1.84. The van der Waals surface area contributed by atoms with Crippen LogP contribution in [0.5, 0.6) is 11.5 Å². The van der Waals surface area contributed by atoms with Gasteiger partial charge in [-0.1, -0.05) is 6.42 Å². The van der Waals surface area contributed by atoms with Gasteiger partial charge < -0.3 is 9.47 Å². The van der Waals surface area contributed by atoms with Gasteiger partial charge in [-0.15, -0.1) is 0 Å². The van der Waals surface area contributed by atoms with Crippen LogP contribution in [0, 0.1) is 17.8 Å². The molecule has 2 bridgehead atoms. The van der Waals surface area contributed by atoms with Crippen molar-refractivity contribution < 1.29 is 14.3 Å². The van der Waals surface area contributed by atoms with Crippen molar-refractivity contribution in [2.45, 2.75) is 44.9 Å². The van der Waals surface area contributed by atoms with Crippen molar-refractivity contribution in [2.75, 3.05) is 20.8 Å². The number of Topliss-reactive ketones (excluding diaryl/α,β-unsaturated/α-hetero) is 1. The molecule has 3 aliphatic rings. The minimum Gasteiger partial charge on any atom is -0.493 e. The molecule has 0 saturated heterocycles. The van der Waals surface area contributed by atoms with Gasteiger partial charge >= 0.3 is 0 Å². The highest BCUT2D eigenvalue weighted by atomic mass is 16.5. The number of carbonyl (C=O) groups excluding carboxylic acids is 1. The molecular formula is C21H27NO3. The van der Waals surface area contributed by atoms with E-state index in [0.717, 1.165) is 48.2 Å². The van der Waals surface area contributed by atoms with Crippen molar-refractivity contribution in [1.29, 1.82) is 0 Å². The zero-order valence-corrected chi connectivity index (χ0v) is 15.2. The van der Waals surface area contributed by atoms with Crippen molar-refractivity contribution in [2.24, 2.45) is 22.7 Å². The summed E-state index contributed by atoms with van der Waals surface area (Å²) in [6.45, 7) is 0.749. The molecule has 2 saturated carbocycles. The number of benzene rings is 1. The minimum absolute atomic E-state index is 0.346. The highest BCUT2D eigenvalue weighted by Crippen LogP contribution is 2.49. The van der Waals surface area contributed by atoms with Crippen LogP contribution in [0.1, 0.15) is 49.7 Å². The quantitative estimate of drug-likeness (QED) is 0.790. The van der Waals surface area contributed by atoms with Gasteiger partial charge in [-0.25, -0.2) is 0 Å². The third kappa shape index (κ3) is 3.19. The average Bonchev–Trinajstić information content (AvgIpc) is 3.23. The number of ketones is 1. The first kappa shape index (κ1) is 16.6. The Morgan fingerprint density at radius 2 is 1.96 bits per heavy atom. The summed E-state index contributed by atoms with van der Waals surface area (Å²) >= 11 is 0. The average molecular weight is 341 g/mol. The van der Waals surface area contributed by atoms with Crippen molar-refractivity contribution in [3.8, 4) is 11.5 Å². The molecule has 1 aromatic carbocycles. The Morgan fingerprint density at radius 1 is 1.16 bits per heavy atom. The summed E-state index contributed by atoms with van der Waals surface area (Å²) in [5.74, 6) is 4.12. The Morgan fingerprint density at radius 3 is 2.64 bits per heavy atom. The SMILES string of the molecule is COc1cc2c(cc1OC)C(CC(=O)C[C@H]1C[C@H]3CC[C@@H]1C3)=NCC2. The van der Waals surface area contributed by atoms with Crippen LogP contribution in [0.3, 0.4) is 0 Å². The van der Waals surface area contributed by atoms with E-state index in [1.807, 2.05) is 12.1 Å². The summed E-state index contributed by atoms with van der Waals surface area (Å²) in [6.07, 6.45) is 7.43.